The van der Waals surface area contributed by atoms with Crippen LogP contribution in [0.3, 0.4) is 0 Å². The van der Waals surface area contributed by atoms with Crippen LogP contribution in [-0.2, 0) is 11.3 Å². The predicted molar refractivity (Wildman–Crippen MR) is 79.2 cm³/mol. The zero-order valence-corrected chi connectivity index (χ0v) is 11.9. The lowest BCUT2D eigenvalue weighted by molar-refractivity contribution is 0.101. The van der Waals surface area contributed by atoms with E-state index in [1.165, 1.54) is 24.5 Å². The Kier molecular flexibility index (Phi) is 3.55. The monoisotopic (exact) mass is 304 g/mol. The maximum absolute atomic E-state index is 12.0. The topological polar surface area (TPSA) is 103 Å². The van der Waals surface area contributed by atoms with E-state index in [1.807, 2.05) is 12.1 Å². The molecule has 2 aromatic heterocycles. The van der Waals surface area contributed by atoms with Crippen molar-refractivity contribution in [1.82, 2.24) is 10.1 Å². The molecule has 1 aromatic carbocycles. The minimum absolute atomic E-state index is 0.181. The fourth-order valence-corrected chi connectivity index (χ4v) is 2.70. The van der Waals surface area contributed by atoms with Gasteiger partial charge in [-0.3, -0.25) is 10.1 Å². The standard InChI is InChI=1S/C13H12N4O3S/c1-19-6-8-5-10(17-20-8)12(18)16-13-15-9-3-2-7(14)4-11(9)21-13/h2-5H,6,14H2,1H3,(H,15,16,18). The molecule has 0 fully saturated rings. The molecule has 2 heterocycles. The number of carbonyl (C=O) groups is 1. The number of thiazole rings is 1. The van der Waals surface area contributed by atoms with E-state index >= 15 is 0 Å². The van der Waals surface area contributed by atoms with E-state index in [9.17, 15) is 4.79 Å². The summed E-state index contributed by atoms with van der Waals surface area (Å²) < 4.78 is 10.8. The summed E-state index contributed by atoms with van der Waals surface area (Å²) in [4.78, 5) is 16.4. The van der Waals surface area contributed by atoms with Gasteiger partial charge in [0.05, 0.1) is 10.2 Å². The molecule has 0 bridgehead atoms. The summed E-state index contributed by atoms with van der Waals surface area (Å²) in [7, 11) is 1.54. The number of aromatic nitrogens is 2. The van der Waals surface area contributed by atoms with Crippen molar-refractivity contribution in [3.8, 4) is 0 Å². The molecule has 7 nitrogen and oxygen atoms in total. The number of carbonyl (C=O) groups excluding carboxylic acids is 1. The predicted octanol–water partition coefficient (Wildman–Crippen LogP) is 2.27. The number of hydrogen-bond acceptors (Lipinski definition) is 7. The molecule has 3 aromatic rings. The van der Waals surface area contributed by atoms with Crippen LogP contribution in [0.5, 0.6) is 0 Å². The van der Waals surface area contributed by atoms with Crippen LogP contribution in [0.2, 0.25) is 0 Å². The van der Waals surface area contributed by atoms with Crippen molar-refractivity contribution in [3.63, 3.8) is 0 Å². The number of anilines is 2. The van der Waals surface area contributed by atoms with Crippen LogP contribution in [0, 0.1) is 0 Å². The van der Waals surface area contributed by atoms with E-state index in [0.29, 0.717) is 16.6 Å². The molecular formula is C13H12N4O3S. The maximum atomic E-state index is 12.0. The van der Waals surface area contributed by atoms with Gasteiger partial charge >= 0.3 is 0 Å². The summed E-state index contributed by atoms with van der Waals surface area (Å²) in [5.74, 6) is 0.104. The van der Waals surface area contributed by atoms with Gasteiger partial charge in [-0.2, -0.15) is 0 Å². The van der Waals surface area contributed by atoms with Gasteiger partial charge < -0.3 is 15.0 Å². The van der Waals surface area contributed by atoms with Gasteiger partial charge in [0.1, 0.15) is 6.61 Å². The molecule has 108 valence electrons. The van der Waals surface area contributed by atoms with E-state index in [4.69, 9.17) is 15.0 Å². The van der Waals surface area contributed by atoms with E-state index in [0.717, 1.165) is 10.2 Å². The number of rotatable bonds is 4. The smallest absolute Gasteiger partial charge is 0.279 e. The Morgan fingerprint density at radius 1 is 1.48 bits per heavy atom. The number of methoxy groups -OCH3 is 1. The Morgan fingerprint density at radius 2 is 2.33 bits per heavy atom. The number of ether oxygens (including phenoxy) is 1. The molecule has 3 rings (SSSR count). The normalized spacial score (nSPS) is 10.9. The van der Waals surface area contributed by atoms with Gasteiger partial charge in [0.25, 0.3) is 5.91 Å². The summed E-state index contributed by atoms with van der Waals surface area (Å²) in [6.45, 7) is 0.265. The fourth-order valence-electron chi connectivity index (χ4n) is 1.79. The summed E-state index contributed by atoms with van der Waals surface area (Å²) in [6.07, 6.45) is 0. The summed E-state index contributed by atoms with van der Waals surface area (Å²) in [6, 6.07) is 6.92. The highest BCUT2D eigenvalue weighted by Crippen LogP contribution is 2.27. The minimum atomic E-state index is -0.381. The first-order valence-corrected chi connectivity index (χ1v) is 6.89. The molecule has 0 aliphatic rings. The largest absolute Gasteiger partial charge is 0.399 e. The second-order valence-electron chi connectivity index (χ2n) is 4.31. The second kappa shape index (κ2) is 5.51. The Hall–Kier alpha value is -2.45. The zero-order valence-electron chi connectivity index (χ0n) is 11.1. The van der Waals surface area contributed by atoms with E-state index < -0.39 is 0 Å². The Balaban J connectivity index is 1.78. The third kappa shape index (κ3) is 2.86. The third-order valence-corrected chi connectivity index (χ3v) is 3.64. The molecule has 3 N–H and O–H groups in total. The summed E-state index contributed by atoms with van der Waals surface area (Å²) in [5, 5.41) is 6.86. The lowest BCUT2D eigenvalue weighted by Gasteiger charge is -1.95. The second-order valence-corrected chi connectivity index (χ2v) is 5.34. The molecule has 21 heavy (non-hydrogen) atoms. The molecule has 8 heteroatoms. The molecule has 0 unspecified atom stereocenters. The van der Waals surface area contributed by atoms with Crippen molar-refractivity contribution >= 4 is 38.3 Å². The molecule has 0 spiro atoms. The van der Waals surface area contributed by atoms with E-state index in [1.54, 1.807) is 6.07 Å². The lowest BCUT2D eigenvalue weighted by Crippen LogP contribution is -2.11. The first-order chi connectivity index (χ1) is 10.2. The molecular weight excluding hydrogens is 292 g/mol. The van der Waals surface area contributed by atoms with Gasteiger partial charge in [0.15, 0.2) is 16.6 Å². The molecule has 0 aliphatic heterocycles. The number of nitrogens with two attached hydrogens (primary N) is 1. The van der Waals surface area contributed by atoms with Crippen LogP contribution in [0.25, 0.3) is 10.2 Å². The van der Waals surface area contributed by atoms with Crippen LogP contribution in [0.4, 0.5) is 10.8 Å². The van der Waals surface area contributed by atoms with Gasteiger partial charge in [0, 0.05) is 18.9 Å². The number of hydrogen-bond donors (Lipinski definition) is 2. The number of fused-ring (bicyclic) bond motifs is 1. The highest BCUT2D eigenvalue weighted by Gasteiger charge is 2.14. The number of benzene rings is 1. The van der Waals surface area contributed by atoms with Crippen LogP contribution in [0.15, 0.2) is 28.8 Å². The Bertz CT molecular complexity index is 796. The van der Waals surface area contributed by atoms with Gasteiger partial charge in [-0.1, -0.05) is 16.5 Å². The summed E-state index contributed by atoms with van der Waals surface area (Å²) in [5.41, 5.74) is 7.33. The van der Waals surface area contributed by atoms with Crippen LogP contribution in [-0.4, -0.2) is 23.2 Å². The molecule has 0 atom stereocenters. The van der Waals surface area contributed by atoms with E-state index in [2.05, 4.69) is 15.5 Å². The average molecular weight is 304 g/mol. The minimum Gasteiger partial charge on any atom is -0.399 e. The van der Waals surface area contributed by atoms with Crippen molar-refractivity contribution in [2.45, 2.75) is 6.61 Å². The molecule has 0 saturated carbocycles. The van der Waals surface area contributed by atoms with Crippen molar-refractivity contribution < 1.29 is 14.1 Å². The molecule has 0 radical (unpaired) electrons. The van der Waals surface area contributed by atoms with Crippen molar-refractivity contribution in [2.24, 2.45) is 0 Å². The first-order valence-electron chi connectivity index (χ1n) is 6.07. The van der Waals surface area contributed by atoms with Crippen molar-refractivity contribution in [3.05, 3.63) is 35.7 Å². The zero-order chi connectivity index (χ0) is 14.8. The van der Waals surface area contributed by atoms with Crippen LogP contribution >= 0.6 is 11.3 Å². The quantitative estimate of drug-likeness (QED) is 0.717. The highest BCUT2D eigenvalue weighted by atomic mass is 32.1. The Labute approximate surface area is 123 Å². The van der Waals surface area contributed by atoms with Gasteiger partial charge in [-0.25, -0.2) is 4.98 Å². The van der Waals surface area contributed by atoms with Crippen LogP contribution < -0.4 is 11.1 Å². The third-order valence-electron chi connectivity index (χ3n) is 2.71. The number of nitrogens with zero attached hydrogens (tertiary/aromatic N) is 2. The van der Waals surface area contributed by atoms with Gasteiger partial charge in [-0.05, 0) is 18.2 Å². The molecule has 1 amide bonds. The number of nitrogen functional groups attached to an aromatic ring is 1. The van der Waals surface area contributed by atoms with Gasteiger partial charge in [0.2, 0.25) is 0 Å². The number of nitrogens with one attached hydrogen (secondary N) is 1. The maximum Gasteiger partial charge on any atom is 0.279 e. The van der Waals surface area contributed by atoms with E-state index in [-0.39, 0.29) is 18.2 Å². The van der Waals surface area contributed by atoms with Crippen LogP contribution in [0.1, 0.15) is 16.2 Å². The fraction of sp³-hybridized carbons (Fsp3) is 0.154. The van der Waals surface area contributed by atoms with Gasteiger partial charge in [-0.15, -0.1) is 0 Å². The molecule has 0 aliphatic carbocycles. The lowest BCUT2D eigenvalue weighted by atomic mass is 10.3. The van der Waals surface area contributed by atoms with Crippen molar-refractivity contribution in [2.75, 3.05) is 18.2 Å². The highest BCUT2D eigenvalue weighted by molar-refractivity contribution is 7.22. The number of amides is 1. The molecule has 0 saturated heterocycles. The average Bonchev–Trinajstić information content (AvgIpc) is 3.05. The summed E-state index contributed by atoms with van der Waals surface area (Å²) >= 11 is 1.35. The SMILES string of the molecule is COCc1cc(C(=O)Nc2nc3ccc(N)cc3s2)no1. The first kappa shape index (κ1) is 13.5. The van der Waals surface area contributed by atoms with Crippen molar-refractivity contribution in [1.29, 1.82) is 0 Å². The Morgan fingerprint density at radius 3 is 3.14 bits per heavy atom.